The highest BCUT2D eigenvalue weighted by Gasteiger charge is 2.82. The normalized spacial score (nSPS) is 30.8. The molecule has 27 heavy (non-hydrogen) atoms. The Labute approximate surface area is 152 Å². The van der Waals surface area contributed by atoms with Crippen molar-refractivity contribution < 1.29 is 42.9 Å². The molecule has 7 nitrogen and oxygen atoms in total. The van der Waals surface area contributed by atoms with Gasteiger partial charge in [-0.15, -0.1) is 0 Å². The number of esters is 1. The number of aliphatic carboxylic acids is 2. The maximum Gasteiger partial charge on any atom is 0.338 e. The van der Waals surface area contributed by atoms with Crippen LogP contribution in [0.5, 0.6) is 0 Å². The number of rotatable bonds is 7. The van der Waals surface area contributed by atoms with Gasteiger partial charge in [0.2, 0.25) is 0 Å². The fraction of sp³-hybridized carbons (Fsp3) is 0.500. The number of alkyl halides is 2. The molecule has 0 radical (unpaired) electrons. The molecule has 1 saturated heterocycles. The van der Waals surface area contributed by atoms with Crippen molar-refractivity contribution in [1.82, 2.24) is 0 Å². The molecule has 4 atom stereocenters. The highest BCUT2D eigenvalue weighted by atomic mass is 19.3. The smallest absolute Gasteiger partial charge is 0.338 e. The Morgan fingerprint density at radius 2 is 1.70 bits per heavy atom. The molecule has 1 aromatic rings. The number of halogens is 2. The van der Waals surface area contributed by atoms with Gasteiger partial charge in [-0.3, -0.25) is 9.59 Å². The number of carboxylic acids is 2. The monoisotopic (exact) mass is 384 g/mol. The molecule has 1 aromatic carbocycles. The number of hydrogen-bond donors (Lipinski definition) is 2. The molecular weight excluding hydrogens is 366 g/mol. The minimum atomic E-state index is -3.20. The average Bonchev–Trinajstić information content (AvgIpc) is 3.07. The molecular formula is C18H18F2O7. The molecule has 1 heterocycles. The van der Waals surface area contributed by atoms with Crippen LogP contribution in [0.3, 0.4) is 0 Å². The first-order chi connectivity index (χ1) is 12.7. The van der Waals surface area contributed by atoms with Gasteiger partial charge in [-0.25, -0.2) is 13.6 Å². The third kappa shape index (κ3) is 3.51. The SMILES string of the molecule is O=C(O)CC1O[C@H](COC(=O)c2ccccc2)[C@@]2(CC2(F)F)[C@H]1CC(=O)O. The first kappa shape index (κ1) is 19.2. The number of benzene rings is 1. The van der Waals surface area contributed by atoms with E-state index in [1.54, 1.807) is 18.2 Å². The molecule has 2 aliphatic rings. The number of carbonyl (C=O) groups excluding carboxylic acids is 1. The van der Waals surface area contributed by atoms with Gasteiger partial charge >= 0.3 is 17.9 Å². The Balaban J connectivity index is 1.78. The van der Waals surface area contributed by atoms with Gasteiger partial charge in [0.15, 0.2) is 0 Å². The summed E-state index contributed by atoms with van der Waals surface area (Å²) >= 11 is 0. The molecule has 0 aromatic heterocycles. The van der Waals surface area contributed by atoms with E-state index in [4.69, 9.17) is 19.7 Å². The molecule has 0 amide bonds. The zero-order valence-electron chi connectivity index (χ0n) is 14.1. The average molecular weight is 384 g/mol. The van der Waals surface area contributed by atoms with Crippen LogP contribution in [-0.4, -0.2) is 52.9 Å². The molecule has 1 spiro atoms. The van der Waals surface area contributed by atoms with Crippen LogP contribution < -0.4 is 0 Å². The minimum absolute atomic E-state index is 0.233. The van der Waals surface area contributed by atoms with E-state index in [1.165, 1.54) is 12.1 Å². The Kier molecular flexibility index (Phi) is 4.90. The lowest BCUT2D eigenvalue weighted by Crippen LogP contribution is -2.34. The lowest BCUT2D eigenvalue weighted by atomic mass is 9.80. The van der Waals surface area contributed by atoms with Crippen molar-refractivity contribution in [2.45, 2.75) is 37.4 Å². The van der Waals surface area contributed by atoms with Crippen LogP contribution in [0, 0.1) is 11.3 Å². The van der Waals surface area contributed by atoms with Crippen LogP contribution in [0.4, 0.5) is 8.78 Å². The van der Waals surface area contributed by atoms with Crippen LogP contribution in [0.1, 0.15) is 29.6 Å². The first-order valence-electron chi connectivity index (χ1n) is 8.36. The molecule has 1 unspecified atom stereocenters. The summed E-state index contributed by atoms with van der Waals surface area (Å²) in [6, 6.07) is 7.93. The summed E-state index contributed by atoms with van der Waals surface area (Å²) in [5, 5.41) is 18.1. The third-order valence-electron chi connectivity index (χ3n) is 5.24. The second-order valence-corrected chi connectivity index (χ2v) is 6.85. The number of carboxylic acid groups (broad SMARTS) is 2. The fourth-order valence-electron chi connectivity index (χ4n) is 3.93. The molecule has 2 N–H and O–H groups in total. The van der Waals surface area contributed by atoms with Crippen molar-refractivity contribution in [2.75, 3.05) is 6.61 Å². The van der Waals surface area contributed by atoms with Gasteiger partial charge in [-0.1, -0.05) is 18.2 Å². The number of carbonyl (C=O) groups is 3. The van der Waals surface area contributed by atoms with Crippen molar-refractivity contribution in [3.8, 4) is 0 Å². The quantitative estimate of drug-likeness (QED) is 0.694. The topological polar surface area (TPSA) is 110 Å². The summed E-state index contributed by atoms with van der Waals surface area (Å²) in [5.41, 5.74) is -1.60. The maximum atomic E-state index is 14.2. The van der Waals surface area contributed by atoms with Crippen molar-refractivity contribution in [2.24, 2.45) is 11.3 Å². The predicted octanol–water partition coefficient (Wildman–Crippen LogP) is 2.20. The standard InChI is InChI=1S/C18H18F2O7/c19-18(20)9-17(18)11(6-14(21)22)12(7-15(23)24)27-13(17)8-26-16(25)10-4-2-1-3-5-10/h1-5,11-13H,6-9H2,(H,21,22)(H,23,24)/t11-,12?,13+,17+/m0/s1. The summed E-state index contributed by atoms with van der Waals surface area (Å²) in [7, 11) is 0. The van der Waals surface area contributed by atoms with E-state index in [0.717, 1.165) is 0 Å². The molecule has 146 valence electrons. The largest absolute Gasteiger partial charge is 0.481 e. The summed E-state index contributed by atoms with van der Waals surface area (Å²) in [6.07, 6.45) is -4.32. The van der Waals surface area contributed by atoms with E-state index in [1.807, 2.05) is 0 Å². The van der Waals surface area contributed by atoms with Crippen LogP contribution in [-0.2, 0) is 19.1 Å². The third-order valence-corrected chi connectivity index (χ3v) is 5.24. The Morgan fingerprint density at radius 3 is 2.22 bits per heavy atom. The van der Waals surface area contributed by atoms with Crippen LogP contribution >= 0.6 is 0 Å². The second-order valence-electron chi connectivity index (χ2n) is 6.85. The fourth-order valence-corrected chi connectivity index (χ4v) is 3.93. The molecule has 2 fully saturated rings. The van der Waals surface area contributed by atoms with Gasteiger partial charge in [0.1, 0.15) is 12.7 Å². The summed E-state index contributed by atoms with van der Waals surface area (Å²) in [5.74, 6) is -7.71. The van der Waals surface area contributed by atoms with Crippen molar-refractivity contribution in [1.29, 1.82) is 0 Å². The second kappa shape index (κ2) is 6.88. The molecule has 1 aliphatic heterocycles. The van der Waals surface area contributed by atoms with Crippen molar-refractivity contribution >= 4 is 17.9 Å². The molecule has 0 bridgehead atoms. The molecule has 1 saturated carbocycles. The lowest BCUT2D eigenvalue weighted by Gasteiger charge is -2.22. The van der Waals surface area contributed by atoms with Gasteiger partial charge in [0.25, 0.3) is 5.92 Å². The van der Waals surface area contributed by atoms with E-state index < -0.39 is 73.2 Å². The van der Waals surface area contributed by atoms with Crippen LogP contribution in [0.15, 0.2) is 30.3 Å². The van der Waals surface area contributed by atoms with Crippen molar-refractivity contribution in [3.05, 3.63) is 35.9 Å². The van der Waals surface area contributed by atoms with E-state index in [-0.39, 0.29) is 5.56 Å². The number of ether oxygens (including phenoxy) is 2. The molecule has 3 rings (SSSR count). The van der Waals surface area contributed by atoms with Gasteiger partial charge in [-0.2, -0.15) is 0 Å². The van der Waals surface area contributed by atoms with Gasteiger partial charge < -0.3 is 19.7 Å². The van der Waals surface area contributed by atoms with E-state index in [9.17, 15) is 23.2 Å². The van der Waals surface area contributed by atoms with E-state index >= 15 is 0 Å². The van der Waals surface area contributed by atoms with Gasteiger partial charge in [-0.05, 0) is 12.1 Å². The Bertz CT molecular complexity index is 751. The van der Waals surface area contributed by atoms with Crippen molar-refractivity contribution in [3.63, 3.8) is 0 Å². The summed E-state index contributed by atoms with van der Waals surface area (Å²) in [6.45, 7) is -0.504. The summed E-state index contributed by atoms with van der Waals surface area (Å²) in [4.78, 5) is 34.2. The molecule has 1 aliphatic carbocycles. The minimum Gasteiger partial charge on any atom is -0.481 e. The highest BCUT2D eigenvalue weighted by Crippen LogP contribution is 2.72. The molecule has 9 heteroatoms. The van der Waals surface area contributed by atoms with E-state index in [0.29, 0.717) is 0 Å². The Hall–Kier alpha value is -2.55. The predicted molar refractivity (Wildman–Crippen MR) is 85.4 cm³/mol. The zero-order chi connectivity index (χ0) is 19.8. The number of hydrogen-bond acceptors (Lipinski definition) is 5. The maximum absolute atomic E-state index is 14.2. The first-order valence-corrected chi connectivity index (χ1v) is 8.36. The zero-order valence-corrected chi connectivity index (χ0v) is 14.1. The summed E-state index contributed by atoms with van der Waals surface area (Å²) < 4.78 is 39.1. The van der Waals surface area contributed by atoms with Gasteiger partial charge in [0.05, 0.1) is 29.9 Å². The van der Waals surface area contributed by atoms with Crippen LogP contribution in [0.2, 0.25) is 0 Å². The van der Waals surface area contributed by atoms with Crippen LogP contribution in [0.25, 0.3) is 0 Å². The highest BCUT2D eigenvalue weighted by molar-refractivity contribution is 5.89. The van der Waals surface area contributed by atoms with E-state index in [2.05, 4.69) is 0 Å². The Morgan fingerprint density at radius 1 is 1.11 bits per heavy atom. The van der Waals surface area contributed by atoms with Gasteiger partial charge in [0, 0.05) is 12.3 Å². The lowest BCUT2D eigenvalue weighted by molar-refractivity contribution is -0.143.